The van der Waals surface area contributed by atoms with Gasteiger partial charge in [0.15, 0.2) is 11.5 Å². The summed E-state index contributed by atoms with van der Waals surface area (Å²) in [4.78, 5) is 29.6. The second-order valence-corrected chi connectivity index (χ2v) is 8.21. The van der Waals surface area contributed by atoms with Crippen molar-refractivity contribution in [1.82, 2.24) is 9.80 Å². The molecule has 32 heavy (non-hydrogen) atoms. The average Bonchev–Trinajstić information content (AvgIpc) is 3.03. The highest BCUT2D eigenvalue weighted by molar-refractivity contribution is 6.46. The van der Waals surface area contributed by atoms with E-state index < -0.39 is 17.7 Å². The van der Waals surface area contributed by atoms with Gasteiger partial charge in [-0.2, -0.15) is 0 Å². The highest BCUT2D eigenvalue weighted by atomic mass is 35.5. The first-order chi connectivity index (χ1) is 15.3. The van der Waals surface area contributed by atoms with E-state index in [-0.39, 0.29) is 11.3 Å². The fourth-order valence-corrected chi connectivity index (χ4v) is 3.93. The van der Waals surface area contributed by atoms with Crippen LogP contribution in [0.2, 0.25) is 5.02 Å². The number of carbonyl (C=O) groups excluding carboxylic acids is 2. The Labute approximate surface area is 192 Å². The van der Waals surface area contributed by atoms with Crippen LogP contribution in [-0.4, -0.2) is 68.0 Å². The summed E-state index contributed by atoms with van der Waals surface area (Å²) in [5, 5.41) is 11.6. The lowest BCUT2D eigenvalue weighted by Crippen LogP contribution is -2.32. The largest absolute Gasteiger partial charge is 0.507 e. The van der Waals surface area contributed by atoms with Gasteiger partial charge in [-0.05, 0) is 69.0 Å². The number of amides is 1. The summed E-state index contributed by atoms with van der Waals surface area (Å²) in [7, 11) is 6.94. The van der Waals surface area contributed by atoms with Crippen molar-refractivity contribution in [2.75, 3.05) is 41.4 Å². The van der Waals surface area contributed by atoms with Gasteiger partial charge < -0.3 is 24.4 Å². The molecule has 1 saturated heterocycles. The van der Waals surface area contributed by atoms with Crippen molar-refractivity contribution in [3.8, 4) is 11.5 Å². The molecule has 1 unspecified atom stereocenters. The third-order valence-corrected chi connectivity index (χ3v) is 5.64. The lowest BCUT2D eigenvalue weighted by atomic mass is 9.95. The zero-order chi connectivity index (χ0) is 23.4. The smallest absolute Gasteiger partial charge is 0.295 e. The molecule has 2 aromatic carbocycles. The molecule has 0 aliphatic carbocycles. The maximum absolute atomic E-state index is 13.1. The molecular weight excluding hydrogens is 432 g/mol. The number of hydrogen-bond acceptors (Lipinski definition) is 6. The summed E-state index contributed by atoms with van der Waals surface area (Å²) in [5.41, 5.74) is 1.09. The second kappa shape index (κ2) is 10.1. The van der Waals surface area contributed by atoms with Gasteiger partial charge in [-0.3, -0.25) is 9.59 Å². The lowest BCUT2D eigenvalue weighted by Gasteiger charge is -2.26. The molecule has 8 heteroatoms. The topological polar surface area (TPSA) is 79.3 Å². The van der Waals surface area contributed by atoms with Crippen LogP contribution in [0.25, 0.3) is 5.76 Å². The molecule has 1 aliphatic rings. The maximum atomic E-state index is 13.1. The van der Waals surface area contributed by atoms with Crippen LogP contribution in [0.15, 0.2) is 48.0 Å². The minimum absolute atomic E-state index is 0.0365. The number of benzene rings is 2. The van der Waals surface area contributed by atoms with Gasteiger partial charge >= 0.3 is 0 Å². The van der Waals surface area contributed by atoms with Gasteiger partial charge in [0.25, 0.3) is 11.7 Å². The number of nitrogens with zero attached hydrogens (tertiary/aromatic N) is 2. The number of ether oxygens (including phenoxy) is 2. The van der Waals surface area contributed by atoms with E-state index in [1.807, 2.05) is 19.0 Å². The van der Waals surface area contributed by atoms with Crippen LogP contribution < -0.4 is 9.47 Å². The predicted molar refractivity (Wildman–Crippen MR) is 123 cm³/mol. The van der Waals surface area contributed by atoms with Crippen molar-refractivity contribution in [3.63, 3.8) is 0 Å². The standard InChI is InChI=1S/C24H27ClN2O5/c1-26(2)12-5-13-27-21(16-8-11-18(31-3)19(14-16)32-4)20(23(29)24(27)30)22(28)15-6-9-17(25)10-7-15/h6-11,14,21,28H,5,12-13H2,1-4H3/b22-20+. The molecular formula is C24H27ClN2O5. The van der Waals surface area contributed by atoms with Crippen LogP contribution >= 0.6 is 11.6 Å². The molecule has 1 atom stereocenters. The number of rotatable bonds is 8. The van der Waals surface area contributed by atoms with Crippen molar-refractivity contribution in [3.05, 3.63) is 64.2 Å². The van der Waals surface area contributed by atoms with Crippen LogP contribution in [0.4, 0.5) is 0 Å². The summed E-state index contributed by atoms with van der Waals surface area (Å²) < 4.78 is 10.7. The SMILES string of the molecule is COc1ccc(C2/C(=C(\O)c3ccc(Cl)cc3)C(=O)C(=O)N2CCCN(C)C)cc1OC. The fourth-order valence-electron chi connectivity index (χ4n) is 3.80. The van der Waals surface area contributed by atoms with Gasteiger partial charge in [0.1, 0.15) is 5.76 Å². The summed E-state index contributed by atoms with van der Waals surface area (Å²) in [6, 6.07) is 10.9. The van der Waals surface area contributed by atoms with Crippen LogP contribution in [0.1, 0.15) is 23.6 Å². The van der Waals surface area contributed by atoms with Gasteiger partial charge in [0, 0.05) is 17.1 Å². The van der Waals surface area contributed by atoms with E-state index in [1.165, 1.54) is 19.1 Å². The van der Waals surface area contributed by atoms with Gasteiger partial charge in [-0.15, -0.1) is 0 Å². The Morgan fingerprint density at radius 3 is 2.31 bits per heavy atom. The molecule has 0 aromatic heterocycles. The van der Waals surface area contributed by atoms with E-state index in [9.17, 15) is 14.7 Å². The quantitative estimate of drug-likeness (QED) is 0.369. The molecule has 0 saturated carbocycles. The number of carbonyl (C=O) groups is 2. The lowest BCUT2D eigenvalue weighted by molar-refractivity contribution is -0.139. The van der Waals surface area contributed by atoms with Crippen LogP contribution in [0, 0.1) is 0 Å². The van der Waals surface area contributed by atoms with Gasteiger partial charge in [-0.1, -0.05) is 17.7 Å². The number of methoxy groups -OCH3 is 2. The summed E-state index contributed by atoms with van der Waals surface area (Å²) in [5.74, 6) is -0.607. The molecule has 170 valence electrons. The van der Waals surface area contributed by atoms with E-state index in [1.54, 1.807) is 42.5 Å². The molecule has 3 rings (SSSR count). The molecule has 2 aromatic rings. The summed E-state index contributed by atoms with van der Waals surface area (Å²) in [6.07, 6.45) is 0.671. The van der Waals surface area contributed by atoms with Crippen LogP contribution in [0.5, 0.6) is 11.5 Å². The van der Waals surface area contributed by atoms with Crippen molar-refractivity contribution in [2.45, 2.75) is 12.5 Å². The van der Waals surface area contributed by atoms with E-state index in [0.717, 1.165) is 6.54 Å². The van der Waals surface area contributed by atoms with Crippen molar-refractivity contribution < 1.29 is 24.2 Å². The number of ketones is 1. The zero-order valence-corrected chi connectivity index (χ0v) is 19.3. The second-order valence-electron chi connectivity index (χ2n) is 7.77. The minimum Gasteiger partial charge on any atom is -0.507 e. The van der Waals surface area contributed by atoms with E-state index in [4.69, 9.17) is 21.1 Å². The Hall–Kier alpha value is -3.03. The molecule has 1 heterocycles. The fraction of sp³-hybridized carbons (Fsp3) is 0.333. The number of likely N-dealkylation sites (tertiary alicyclic amines) is 1. The molecule has 1 aliphatic heterocycles. The van der Waals surface area contributed by atoms with Crippen molar-refractivity contribution >= 4 is 29.1 Å². The first-order valence-electron chi connectivity index (χ1n) is 10.2. The highest BCUT2D eigenvalue weighted by Gasteiger charge is 2.46. The Kier molecular flexibility index (Phi) is 7.43. The Bertz CT molecular complexity index is 1030. The van der Waals surface area contributed by atoms with Gasteiger partial charge in [0.05, 0.1) is 25.8 Å². The molecule has 1 amide bonds. The van der Waals surface area contributed by atoms with Crippen molar-refractivity contribution in [2.24, 2.45) is 0 Å². The van der Waals surface area contributed by atoms with Gasteiger partial charge in [-0.25, -0.2) is 0 Å². The predicted octanol–water partition coefficient (Wildman–Crippen LogP) is 3.73. The highest BCUT2D eigenvalue weighted by Crippen LogP contribution is 2.42. The zero-order valence-electron chi connectivity index (χ0n) is 18.6. The Balaban J connectivity index is 2.13. The van der Waals surface area contributed by atoms with Crippen molar-refractivity contribution in [1.29, 1.82) is 0 Å². The number of aliphatic hydroxyl groups is 1. The van der Waals surface area contributed by atoms with Gasteiger partial charge in [0.2, 0.25) is 0 Å². The number of halogens is 1. The number of aliphatic hydroxyl groups excluding tert-OH is 1. The molecule has 7 nitrogen and oxygen atoms in total. The minimum atomic E-state index is -0.757. The summed E-state index contributed by atoms with van der Waals surface area (Å²) >= 11 is 5.96. The average molecular weight is 459 g/mol. The van der Waals surface area contributed by atoms with E-state index in [2.05, 4.69) is 0 Å². The molecule has 0 bridgehead atoms. The Morgan fingerprint density at radius 1 is 1.06 bits per heavy atom. The third-order valence-electron chi connectivity index (χ3n) is 5.39. The molecule has 1 fully saturated rings. The number of hydrogen-bond donors (Lipinski definition) is 1. The number of Topliss-reactive ketones (excluding diaryl/α,β-unsaturated/α-hetero) is 1. The first-order valence-corrected chi connectivity index (χ1v) is 10.6. The van der Waals surface area contributed by atoms with Crippen LogP contribution in [-0.2, 0) is 9.59 Å². The maximum Gasteiger partial charge on any atom is 0.295 e. The monoisotopic (exact) mass is 458 g/mol. The molecule has 0 spiro atoms. The Morgan fingerprint density at radius 2 is 1.72 bits per heavy atom. The van der Waals surface area contributed by atoms with E-state index in [0.29, 0.717) is 40.6 Å². The van der Waals surface area contributed by atoms with E-state index >= 15 is 0 Å². The first kappa shape index (κ1) is 23.6. The third kappa shape index (κ3) is 4.74. The van der Waals surface area contributed by atoms with Crippen LogP contribution in [0.3, 0.4) is 0 Å². The summed E-state index contributed by atoms with van der Waals surface area (Å²) in [6.45, 7) is 1.11. The molecule has 1 N–H and O–H groups in total. The normalized spacial score (nSPS) is 17.8. The molecule has 0 radical (unpaired) electrons.